The lowest BCUT2D eigenvalue weighted by Gasteiger charge is -2.15. The largest absolute Gasteiger partial charge is 0.478 e. The number of carboxylic acid groups (broad SMARTS) is 1. The van der Waals surface area contributed by atoms with E-state index in [4.69, 9.17) is 5.11 Å². The summed E-state index contributed by atoms with van der Waals surface area (Å²) >= 11 is 0. The van der Waals surface area contributed by atoms with Crippen molar-refractivity contribution in [1.82, 2.24) is 9.88 Å². The zero-order valence-corrected chi connectivity index (χ0v) is 11.5. The number of likely N-dealkylation sites (tertiary alicyclic amines) is 1. The smallest absolute Gasteiger partial charge is 0.339 e. The van der Waals surface area contributed by atoms with Gasteiger partial charge in [-0.25, -0.2) is 4.79 Å². The summed E-state index contributed by atoms with van der Waals surface area (Å²) in [6.07, 6.45) is 2.60. The SMILES string of the molecule is CCN1CCC(CNc2cc(C)ncc2C(=O)O)C1. The van der Waals surface area contributed by atoms with E-state index in [1.165, 1.54) is 12.6 Å². The summed E-state index contributed by atoms with van der Waals surface area (Å²) in [5, 5.41) is 12.4. The molecule has 0 amide bonds. The number of aryl methyl sites for hydroxylation is 1. The topological polar surface area (TPSA) is 65.5 Å². The number of carbonyl (C=O) groups is 1. The summed E-state index contributed by atoms with van der Waals surface area (Å²) < 4.78 is 0. The van der Waals surface area contributed by atoms with Gasteiger partial charge in [-0.1, -0.05) is 6.92 Å². The standard InChI is InChI=1S/C14H21N3O2/c1-3-17-5-4-11(9-17)7-16-13-6-10(2)15-8-12(13)14(18)19/h6,8,11H,3-5,7,9H2,1-2H3,(H,15,16)(H,18,19). The maximum Gasteiger partial charge on any atom is 0.339 e. The molecule has 0 radical (unpaired) electrons. The lowest BCUT2D eigenvalue weighted by molar-refractivity contribution is 0.0697. The van der Waals surface area contributed by atoms with Gasteiger partial charge in [-0.15, -0.1) is 0 Å². The Hall–Kier alpha value is -1.62. The Morgan fingerprint density at radius 2 is 2.42 bits per heavy atom. The number of carboxylic acids is 1. The van der Waals surface area contributed by atoms with Crippen LogP contribution in [0.1, 0.15) is 29.4 Å². The highest BCUT2D eigenvalue weighted by atomic mass is 16.4. The quantitative estimate of drug-likeness (QED) is 0.848. The Kier molecular flexibility index (Phi) is 4.37. The molecule has 1 aromatic rings. The van der Waals surface area contributed by atoms with Gasteiger partial charge in [0.25, 0.3) is 0 Å². The molecule has 0 spiro atoms. The van der Waals surface area contributed by atoms with Crippen LogP contribution in [0.15, 0.2) is 12.3 Å². The fraction of sp³-hybridized carbons (Fsp3) is 0.571. The summed E-state index contributed by atoms with van der Waals surface area (Å²) in [5.74, 6) is -0.341. The lowest BCUT2D eigenvalue weighted by Crippen LogP contribution is -2.23. The van der Waals surface area contributed by atoms with Crippen LogP contribution in [0.25, 0.3) is 0 Å². The molecule has 5 nitrogen and oxygen atoms in total. The minimum atomic E-state index is -0.934. The van der Waals surface area contributed by atoms with E-state index in [9.17, 15) is 4.79 Å². The van der Waals surface area contributed by atoms with Crippen molar-refractivity contribution in [2.75, 3.05) is 31.5 Å². The Morgan fingerprint density at radius 3 is 3.05 bits per heavy atom. The van der Waals surface area contributed by atoms with Crippen LogP contribution in [0.5, 0.6) is 0 Å². The fourth-order valence-corrected chi connectivity index (χ4v) is 2.50. The molecule has 1 aliphatic rings. The van der Waals surface area contributed by atoms with E-state index in [1.54, 1.807) is 6.07 Å². The van der Waals surface area contributed by atoms with E-state index in [0.717, 1.165) is 31.9 Å². The van der Waals surface area contributed by atoms with Crippen molar-refractivity contribution in [2.45, 2.75) is 20.3 Å². The zero-order chi connectivity index (χ0) is 13.8. The average Bonchev–Trinajstić information content (AvgIpc) is 2.84. The van der Waals surface area contributed by atoms with Gasteiger partial charge >= 0.3 is 5.97 Å². The van der Waals surface area contributed by atoms with Crippen molar-refractivity contribution in [2.24, 2.45) is 5.92 Å². The van der Waals surface area contributed by atoms with Gasteiger partial charge in [-0.05, 0) is 38.4 Å². The van der Waals surface area contributed by atoms with Gasteiger partial charge in [-0.3, -0.25) is 4.98 Å². The van der Waals surface area contributed by atoms with Crippen molar-refractivity contribution in [3.05, 3.63) is 23.5 Å². The molecule has 1 atom stereocenters. The molecule has 1 aliphatic heterocycles. The maximum absolute atomic E-state index is 11.1. The molecule has 2 N–H and O–H groups in total. The predicted octanol–water partition coefficient (Wildman–Crippen LogP) is 1.84. The molecular weight excluding hydrogens is 242 g/mol. The third-order valence-corrected chi connectivity index (χ3v) is 3.67. The number of hydrogen-bond acceptors (Lipinski definition) is 4. The van der Waals surface area contributed by atoms with Crippen LogP contribution in [-0.4, -0.2) is 47.1 Å². The monoisotopic (exact) mass is 263 g/mol. The third-order valence-electron chi connectivity index (χ3n) is 3.67. The first-order valence-electron chi connectivity index (χ1n) is 6.76. The number of nitrogens with zero attached hydrogens (tertiary/aromatic N) is 2. The van der Waals surface area contributed by atoms with E-state index in [2.05, 4.69) is 22.1 Å². The highest BCUT2D eigenvalue weighted by Crippen LogP contribution is 2.20. The minimum absolute atomic E-state index is 0.246. The molecule has 1 unspecified atom stereocenters. The highest BCUT2D eigenvalue weighted by molar-refractivity contribution is 5.93. The summed E-state index contributed by atoms with van der Waals surface area (Å²) in [7, 11) is 0. The summed E-state index contributed by atoms with van der Waals surface area (Å²) in [4.78, 5) is 17.6. The van der Waals surface area contributed by atoms with Crippen LogP contribution in [0, 0.1) is 12.8 Å². The van der Waals surface area contributed by atoms with Crippen molar-refractivity contribution < 1.29 is 9.90 Å². The van der Waals surface area contributed by atoms with E-state index in [0.29, 0.717) is 11.6 Å². The first kappa shape index (κ1) is 13.8. The molecule has 0 bridgehead atoms. The van der Waals surface area contributed by atoms with Gasteiger partial charge in [0.2, 0.25) is 0 Å². The lowest BCUT2D eigenvalue weighted by atomic mass is 10.1. The second-order valence-corrected chi connectivity index (χ2v) is 5.11. The van der Waals surface area contributed by atoms with Crippen LogP contribution in [0.2, 0.25) is 0 Å². The van der Waals surface area contributed by atoms with Crippen LogP contribution in [0.4, 0.5) is 5.69 Å². The molecular formula is C14H21N3O2. The number of rotatable bonds is 5. The minimum Gasteiger partial charge on any atom is -0.478 e. The Balaban J connectivity index is 1.99. The Bertz CT molecular complexity index is 462. The molecule has 19 heavy (non-hydrogen) atoms. The normalized spacial score (nSPS) is 19.6. The number of pyridine rings is 1. The Labute approximate surface area is 113 Å². The van der Waals surface area contributed by atoms with Gasteiger partial charge in [0.1, 0.15) is 5.56 Å². The number of nitrogens with one attached hydrogen (secondary N) is 1. The third kappa shape index (κ3) is 3.44. The van der Waals surface area contributed by atoms with Crippen LogP contribution in [-0.2, 0) is 0 Å². The van der Waals surface area contributed by atoms with Gasteiger partial charge in [0.05, 0.1) is 5.69 Å². The highest BCUT2D eigenvalue weighted by Gasteiger charge is 2.21. The van der Waals surface area contributed by atoms with Crippen LogP contribution >= 0.6 is 0 Å². The molecule has 1 fully saturated rings. The zero-order valence-electron chi connectivity index (χ0n) is 11.5. The first-order chi connectivity index (χ1) is 9.10. The summed E-state index contributed by atoms with van der Waals surface area (Å²) in [6, 6.07) is 1.80. The summed E-state index contributed by atoms with van der Waals surface area (Å²) in [6.45, 7) is 8.18. The average molecular weight is 263 g/mol. The fourth-order valence-electron chi connectivity index (χ4n) is 2.50. The number of anilines is 1. The molecule has 2 rings (SSSR count). The number of aromatic carboxylic acids is 1. The molecule has 2 heterocycles. The van der Waals surface area contributed by atoms with Gasteiger partial charge in [0.15, 0.2) is 0 Å². The molecule has 104 valence electrons. The molecule has 0 aromatic carbocycles. The molecule has 1 aromatic heterocycles. The Morgan fingerprint density at radius 1 is 1.63 bits per heavy atom. The van der Waals surface area contributed by atoms with Crippen molar-refractivity contribution >= 4 is 11.7 Å². The molecule has 1 saturated heterocycles. The van der Waals surface area contributed by atoms with Crippen LogP contribution in [0.3, 0.4) is 0 Å². The summed E-state index contributed by atoms with van der Waals surface area (Å²) in [5.41, 5.74) is 1.75. The van der Waals surface area contributed by atoms with Gasteiger partial charge in [-0.2, -0.15) is 0 Å². The van der Waals surface area contributed by atoms with E-state index >= 15 is 0 Å². The van der Waals surface area contributed by atoms with E-state index in [1.807, 2.05) is 6.92 Å². The number of aromatic nitrogens is 1. The molecule has 0 saturated carbocycles. The molecule has 0 aliphatic carbocycles. The van der Waals surface area contributed by atoms with Crippen molar-refractivity contribution in [3.8, 4) is 0 Å². The second kappa shape index (κ2) is 6.02. The first-order valence-corrected chi connectivity index (χ1v) is 6.76. The van der Waals surface area contributed by atoms with E-state index in [-0.39, 0.29) is 5.56 Å². The molecule has 5 heteroatoms. The predicted molar refractivity (Wildman–Crippen MR) is 74.6 cm³/mol. The van der Waals surface area contributed by atoms with Crippen molar-refractivity contribution in [1.29, 1.82) is 0 Å². The second-order valence-electron chi connectivity index (χ2n) is 5.11. The number of hydrogen-bond donors (Lipinski definition) is 2. The van der Waals surface area contributed by atoms with Gasteiger partial charge in [0, 0.05) is 25.0 Å². The maximum atomic E-state index is 11.1. The van der Waals surface area contributed by atoms with Crippen LogP contribution < -0.4 is 5.32 Å². The van der Waals surface area contributed by atoms with E-state index < -0.39 is 5.97 Å². The van der Waals surface area contributed by atoms with Gasteiger partial charge < -0.3 is 15.3 Å². The van der Waals surface area contributed by atoms with Crippen molar-refractivity contribution in [3.63, 3.8) is 0 Å².